The second-order valence-electron chi connectivity index (χ2n) is 6.97. The molecule has 26 heavy (non-hydrogen) atoms. The summed E-state index contributed by atoms with van der Waals surface area (Å²) in [7, 11) is 1.24. The molecule has 7 nitrogen and oxygen atoms in total. The Morgan fingerprint density at radius 1 is 0.962 bits per heavy atom. The van der Waals surface area contributed by atoms with Crippen LogP contribution < -0.4 is 5.32 Å². The van der Waals surface area contributed by atoms with Crippen LogP contribution in [0.1, 0.15) is 48.4 Å². The highest BCUT2D eigenvalue weighted by Gasteiger charge is 2.44. The van der Waals surface area contributed by atoms with Gasteiger partial charge in [0, 0.05) is 0 Å². The van der Waals surface area contributed by atoms with Crippen LogP contribution >= 0.6 is 0 Å². The Hall–Kier alpha value is -2.70. The van der Waals surface area contributed by atoms with Gasteiger partial charge in [0.2, 0.25) is 5.91 Å². The molecule has 0 bridgehead atoms. The van der Waals surface area contributed by atoms with Gasteiger partial charge in [0.1, 0.15) is 12.1 Å². The molecule has 0 unspecified atom stereocenters. The van der Waals surface area contributed by atoms with Crippen LogP contribution in [-0.4, -0.2) is 47.8 Å². The average molecular weight is 360 g/mol. The van der Waals surface area contributed by atoms with Crippen molar-refractivity contribution in [3.63, 3.8) is 0 Å². The SMILES string of the molecule is COC(=O)[C@@H](NC(=O)[C@H](C(C)C)N1C(=O)c2ccccc2C1=O)C(C)C. The van der Waals surface area contributed by atoms with Crippen LogP contribution in [0.3, 0.4) is 0 Å². The predicted molar refractivity (Wildman–Crippen MR) is 94.4 cm³/mol. The van der Waals surface area contributed by atoms with Gasteiger partial charge in [0.05, 0.1) is 18.2 Å². The number of amides is 3. The van der Waals surface area contributed by atoms with Crippen molar-refractivity contribution in [3.8, 4) is 0 Å². The van der Waals surface area contributed by atoms with Crippen LogP contribution in [-0.2, 0) is 14.3 Å². The highest BCUT2D eigenvalue weighted by atomic mass is 16.5. The van der Waals surface area contributed by atoms with Gasteiger partial charge in [-0.2, -0.15) is 0 Å². The number of carbonyl (C=O) groups is 4. The summed E-state index contributed by atoms with van der Waals surface area (Å²) in [6.07, 6.45) is 0. The first-order valence-electron chi connectivity index (χ1n) is 8.55. The fourth-order valence-electron chi connectivity index (χ4n) is 3.04. The lowest BCUT2D eigenvalue weighted by molar-refractivity contribution is -0.147. The minimum absolute atomic E-state index is 0.207. The van der Waals surface area contributed by atoms with Gasteiger partial charge < -0.3 is 10.1 Å². The Balaban J connectivity index is 2.32. The van der Waals surface area contributed by atoms with Gasteiger partial charge in [-0.3, -0.25) is 19.3 Å². The molecule has 1 N–H and O–H groups in total. The normalized spacial score (nSPS) is 15.9. The van der Waals surface area contributed by atoms with Gasteiger partial charge in [-0.1, -0.05) is 39.8 Å². The van der Waals surface area contributed by atoms with Crippen LogP contribution in [0.4, 0.5) is 0 Å². The van der Waals surface area contributed by atoms with Crippen LogP contribution in [0, 0.1) is 11.8 Å². The molecule has 1 aliphatic rings. The van der Waals surface area contributed by atoms with Gasteiger partial charge in [-0.25, -0.2) is 4.79 Å². The molecule has 1 aromatic rings. The zero-order valence-corrected chi connectivity index (χ0v) is 15.6. The number of fused-ring (bicyclic) bond motifs is 1. The quantitative estimate of drug-likeness (QED) is 0.615. The summed E-state index contributed by atoms with van der Waals surface area (Å²) < 4.78 is 4.73. The van der Waals surface area contributed by atoms with Crippen LogP contribution in [0.2, 0.25) is 0 Å². The number of carbonyl (C=O) groups excluding carboxylic acids is 4. The largest absolute Gasteiger partial charge is 0.467 e. The maximum absolute atomic E-state index is 12.9. The summed E-state index contributed by atoms with van der Waals surface area (Å²) in [4.78, 5) is 51.2. The Morgan fingerprint density at radius 2 is 1.46 bits per heavy atom. The number of benzene rings is 1. The Bertz CT molecular complexity index is 706. The number of imide groups is 1. The number of nitrogens with zero attached hydrogens (tertiary/aromatic N) is 1. The smallest absolute Gasteiger partial charge is 0.328 e. The van der Waals surface area contributed by atoms with Gasteiger partial charge in [-0.05, 0) is 24.0 Å². The lowest BCUT2D eigenvalue weighted by Gasteiger charge is -2.30. The van der Waals surface area contributed by atoms with E-state index in [-0.39, 0.29) is 23.0 Å². The molecule has 7 heteroatoms. The van der Waals surface area contributed by atoms with E-state index < -0.39 is 35.8 Å². The van der Waals surface area contributed by atoms with E-state index in [0.717, 1.165) is 4.90 Å². The summed E-state index contributed by atoms with van der Waals surface area (Å²) in [6, 6.07) is 4.60. The summed E-state index contributed by atoms with van der Waals surface area (Å²) in [5.74, 6) is -2.67. The van der Waals surface area contributed by atoms with E-state index in [0.29, 0.717) is 0 Å². The molecule has 0 radical (unpaired) electrons. The van der Waals surface area contributed by atoms with Crippen molar-refractivity contribution in [3.05, 3.63) is 35.4 Å². The molecule has 0 saturated heterocycles. The van der Waals surface area contributed by atoms with Crippen LogP contribution in [0.5, 0.6) is 0 Å². The number of esters is 1. The van der Waals surface area contributed by atoms with Crippen LogP contribution in [0.25, 0.3) is 0 Å². The average Bonchev–Trinajstić information content (AvgIpc) is 2.84. The zero-order chi connectivity index (χ0) is 19.6. The zero-order valence-electron chi connectivity index (χ0n) is 15.6. The molecule has 2 atom stereocenters. The number of ether oxygens (including phenoxy) is 1. The van der Waals surface area contributed by atoms with Crippen molar-refractivity contribution in [1.29, 1.82) is 0 Å². The third kappa shape index (κ3) is 3.47. The molecule has 140 valence electrons. The molecule has 3 amide bonds. The summed E-state index contributed by atoms with van der Waals surface area (Å²) in [5.41, 5.74) is 0.564. The summed E-state index contributed by atoms with van der Waals surface area (Å²) >= 11 is 0. The molecular formula is C19H24N2O5. The van der Waals surface area contributed by atoms with Crippen molar-refractivity contribution in [2.75, 3.05) is 7.11 Å². The minimum Gasteiger partial charge on any atom is -0.467 e. The molecular weight excluding hydrogens is 336 g/mol. The van der Waals surface area contributed by atoms with Gasteiger partial charge in [0.15, 0.2) is 0 Å². The van der Waals surface area contributed by atoms with E-state index >= 15 is 0 Å². The van der Waals surface area contributed by atoms with Gasteiger partial charge in [-0.15, -0.1) is 0 Å². The molecule has 0 aliphatic carbocycles. The number of methoxy groups -OCH3 is 1. The molecule has 0 fully saturated rings. The van der Waals surface area contributed by atoms with Crippen molar-refractivity contribution in [2.24, 2.45) is 11.8 Å². The molecule has 0 spiro atoms. The summed E-state index contributed by atoms with van der Waals surface area (Å²) in [5, 5.41) is 2.63. The van der Waals surface area contributed by atoms with Gasteiger partial charge in [0.25, 0.3) is 11.8 Å². The Kier molecular flexibility index (Phi) is 5.79. The maximum atomic E-state index is 12.9. The topological polar surface area (TPSA) is 92.8 Å². The standard InChI is InChI=1S/C19H24N2O5/c1-10(2)14(19(25)26-5)20-16(22)15(11(3)4)21-17(23)12-8-6-7-9-13(12)18(21)24/h6-11,14-15H,1-5H3,(H,20,22)/t14-,15-/m0/s1. The van der Waals surface area contributed by atoms with E-state index in [9.17, 15) is 19.2 Å². The minimum atomic E-state index is -1.02. The molecule has 1 aromatic carbocycles. The first kappa shape index (κ1) is 19.6. The lowest BCUT2D eigenvalue weighted by Crippen LogP contribution is -2.56. The number of rotatable bonds is 6. The molecule has 0 aromatic heterocycles. The first-order valence-corrected chi connectivity index (χ1v) is 8.55. The van der Waals surface area contributed by atoms with E-state index in [2.05, 4.69) is 5.32 Å². The highest BCUT2D eigenvalue weighted by molar-refractivity contribution is 6.22. The first-order chi connectivity index (χ1) is 12.2. The molecule has 0 saturated carbocycles. The third-order valence-corrected chi connectivity index (χ3v) is 4.42. The van der Waals surface area contributed by atoms with E-state index in [4.69, 9.17) is 4.74 Å². The monoisotopic (exact) mass is 360 g/mol. The Morgan fingerprint density at radius 3 is 1.85 bits per heavy atom. The van der Waals surface area contributed by atoms with E-state index in [1.54, 1.807) is 52.0 Å². The van der Waals surface area contributed by atoms with Crippen molar-refractivity contribution in [1.82, 2.24) is 10.2 Å². The van der Waals surface area contributed by atoms with Crippen LogP contribution in [0.15, 0.2) is 24.3 Å². The maximum Gasteiger partial charge on any atom is 0.328 e. The number of hydrogen-bond acceptors (Lipinski definition) is 5. The van der Waals surface area contributed by atoms with E-state index in [1.807, 2.05) is 0 Å². The molecule has 2 rings (SSSR count). The second kappa shape index (κ2) is 7.68. The molecule has 1 heterocycles. The molecule has 1 aliphatic heterocycles. The van der Waals surface area contributed by atoms with Crippen molar-refractivity contribution in [2.45, 2.75) is 39.8 Å². The number of hydrogen-bond donors (Lipinski definition) is 1. The van der Waals surface area contributed by atoms with Gasteiger partial charge >= 0.3 is 5.97 Å². The fourth-order valence-corrected chi connectivity index (χ4v) is 3.04. The Labute approximate surface area is 152 Å². The fraction of sp³-hybridized carbons (Fsp3) is 0.474. The third-order valence-electron chi connectivity index (χ3n) is 4.42. The van der Waals surface area contributed by atoms with E-state index in [1.165, 1.54) is 7.11 Å². The lowest BCUT2D eigenvalue weighted by atomic mass is 9.99. The predicted octanol–water partition coefficient (Wildman–Crippen LogP) is 1.62. The highest BCUT2D eigenvalue weighted by Crippen LogP contribution is 2.27. The number of nitrogens with one attached hydrogen (secondary N) is 1. The second-order valence-corrected chi connectivity index (χ2v) is 6.97. The van der Waals surface area contributed by atoms with Crippen molar-refractivity contribution < 1.29 is 23.9 Å². The van der Waals surface area contributed by atoms with Crippen molar-refractivity contribution >= 4 is 23.7 Å². The summed E-state index contributed by atoms with van der Waals surface area (Å²) in [6.45, 7) is 7.04.